The number of fused-ring (bicyclic) bond motifs is 1. The smallest absolute Gasteiger partial charge is 0.267 e. The molecule has 0 bridgehead atoms. The molecule has 2 heterocycles. The molecule has 3 aromatic carbocycles. The molecule has 2 aromatic heterocycles. The van der Waals surface area contributed by atoms with Crippen LogP contribution in [-0.2, 0) is 23.1 Å². The number of benzene rings is 3. The van der Waals surface area contributed by atoms with E-state index < -0.39 is 10.0 Å². The van der Waals surface area contributed by atoms with Gasteiger partial charge in [0.05, 0.1) is 4.90 Å². The van der Waals surface area contributed by atoms with E-state index in [1.807, 2.05) is 30.5 Å². The molecule has 0 aliphatic heterocycles. The second-order valence-corrected chi connectivity index (χ2v) is 10.6. The molecule has 0 spiro atoms. The molecule has 33 heavy (non-hydrogen) atoms. The summed E-state index contributed by atoms with van der Waals surface area (Å²) in [4.78, 5) is 6.05. The van der Waals surface area contributed by atoms with Crippen LogP contribution in [0.15, 0.2) is 118 Å². The molecule has 0 fully saturated rings. The number of aromatic amines is 1. The van der Waals surface area contributed by atoms with Crippen molar-refractivity contribution in [3.8, 4) is 0 Å². The number of aromatic nitrogens is 2. The summed E-state index contributed by atoms with van der Waals surface area (Å²) in [6.07, 6.45) is 3.64. The molecule has 0 amide bonds. The number of nitrogens with zero attached hydrogens (tertiary/aromatic N) is 1. The van der Waals surface area contributed by atoms with Gasteiger partial charge in [0.1, 0.15) is 0 Å². The Bertz CT molecular complexity index is 1470. The van der Waals surface area contributed by atoms with Crippen LogP contribution in [0.5, 0.6) is 0 Å². The Morgan fingerprint density at radius 1 is 0.848 bits per heavy atom. The predicted octanol–water partition coefficient (Wildman–Crippen LogP) is 5.65. The van der Waals surface area contributed by atoms with Gasteiger partial charge in [0.25, 0.3) is 10.0 Å². The predicted molar refractivity (Wildman–Crippen MR) is 133 cm³/mol. The fraction of sp³-hybridized carbons (Fsp3) is 0.0769. The molecular formula is C26H23N3O2S2. The Morgan fingerprint density at radius 3 is 2.39 bits per heavy atom. The topological polar surface area (TPSA) is 66.9 Å². The fourth-order valence-corrected chi connectivity index (χ4v) is 6.12. The maximum atomic E-state index is 13.0. The molecular weight excluding hydrogens is 450 g/mol. The van der Waals surface area contributed by atoms with Gasteiger partial charge in [-0.3, -0.25) is 0 Å². The standard InChI is InChI=1S/C26H23N3O2S2/c30-33(31,23-11-5-2-6-12-23)29-15-7-8-21(29)18-27-17-20-13-14-24-25(16-20)28-19-26(24)32-22-9-3-1-4-10-22/h1-16,19,27-28H,17-18H2. The van der Waals surface area contributed by atoms with E-state index in [1.54, 1.807) is 54.4 Å². The summed E-state index contributed by atoms with van der Waals surface area (Å²) in [6.45, 7) is 1.07. The highest BCUT2D eigenvalue weighted by atomic mass is 32.2. The Kier molecular flexibility index (Phi) is 6.09. The third-order valence-electron chi connectivity index (χ3n) is 5.41. The molecule has 5 aromatic rings. The first-order valence-corrected chi connectivity index (χ1v) is 12.9. The van der Waals surface area contributed by atoms with Crippen LogP contribution in [-0.4, -0.2) is 17.4 Å². The highest BCUT2D eigenvalue weighted by Crippen LogP contribution is 2.33. The molecule has 7 heteroatoms. The van der Waals surface area contributed by atoms with E-state index in [0.29, 0.717) is 18.8 Å². The number of hydrogen-bond donors (Lipinski definition) is 2. The number of nitrogens with one attached hydrogen (secondary N) is 2. The van der Waals surface area contributed by atoms with Crippen LogP contribution < -0.4 is 5.32 Å². The summed E-state index contributed by atoms with van der Waals surface area (Å²) in [5, 5.41) is 4.57. The minimum atomic E-state index is -3.60. The molecule has 5 nitrogen and oxygen atoms in total. The van der Waals surface area contributed by atoms with Gasteiger partial charge < -0.3 is 10.3 Å². The molecule has 0 saturated heterocycles. The highest BCUT2D eigenvalue weighted by molar-refractivity contribution is 7.99. The van der Waals surface area contributed by atoms with Crippen molar-refractivity contribution in [3.63, 3.8) is 0 Å². The van der Waals surface area contributed by atoms with E-state index in [1.165, 1.54) is 19.1 Å². The zero-order valence-corrected chi connectivity index (χ0v) is 19.4. The van der Waals surface area contributed by atoms with Gasteiger partial charge in [-0.1, -0.05) is 60.3 Å². The molecule has 166 valence electrons. The second kappa shape index (κ2) is 9.31. The van der Waals surface area contributed by atoms with Crippen molar-refractivity contribution >= 4 is 32.7 Å². The maximum Gasteiger partial charge on any atom is 0.267 e. The van der Waals surface area contributed by atoms with E-state index in [9.17, 15) is 8.42 Å². The first-order valence-electron chi connectivity index (χ1n) is 10.6. The minimum Gasteiger partial charge on any atom is -0.360 e. The van der Waals surface area contributed by atoms with Gasteiger partial charge in [0, 0.05) is 51.9 Å². The first kappa shape index (κ1) is 21.6. The number of rotatable bonds is 8. The zero-order valence-electron chi connectivity index (χ0n) is 17.8. The summed E-state index contributed by atoms with van der Waals surface area (Å²) in [5.74, 6) is 0. The van der Waals surface area contributed by atoms with Crippen molar-refractivity contribution in [1.29, 1.82) is 0 Å². The van der Waals surface area contributed by atoms with Gasteiger partial charge in [0.2, 0.25) is 0 Å². The normalized spacial score (nSPS) is 11.8. The lowest BCUT2D eigenvalue weighted by atomic mass is 10.1. The van der Waals surface area contributed by atoms with E-state index in [4.69, 9.17) is 0 Å². The van der Waals surface area contributed by atoms with E-state index in [-0.39, 0.29) is 4.90 Å². The Balaban J connectivity index is 1.27. The summed E-state index contributed by atoms with van der Waals surface area (Å²) in [5.41, 5.74) is 2.91. The van der Waals surface area contributed by atoms with E-state index >= 15 is 0 Å². The third-order valence-corrected chi connectivity index (χ3v) is 8.22. The molecule has 0 atom stereocenters. The van der Waals surface area contributed by atoms with Crippen molar-refractivity contribution in [2.45, 2.75) is 27.8 Å². The van der Waals surface area contributed by atoms with Gasteiger partial charge in [-0.15, -0.1) is 0 Å². The third kappa shape index (κ3) is 4.61. The van der Waals surface area contributed by atoms with Crippen molar-refractivity contribution in [2.24, 2.45) is 0 Å². The van der Waals surface area contributed by atoms with Gasteiger partial charge in [-0.05, 0) is 48.0 Å². The second-order valence-electron chi connectivity index (χ2n) is 7.66. The molecule has 2 N–H and O–H groups in total. The van der Waals surface area contributed by atoms with Crippen LogP contribution in [0.3, 0.4) is 0 Å². The van der Waals surface area contributed by atoms with Crippen LogP contribution in [0.1, 0.15) is 11.3 Å². The van der Waals surface area contributed by atoms with Crippen LogP contribution >= 0.6 is 11.8 Å². The molecule has 0 radical (unpaired) electrons. The number of H-pyrrole nitrogens is 1. The summed E-state index contributed by atoms with van der Waals surface area (Å²) < 4.78 is 27.3. The maximum absolute atomic E-state index is 13.0. The molecule has 0 saturated carbocycles. The van der Waals surface area contributed by atoms with Crippen LogP contribution in [0.25, 0.3) is 10.9 Å². The average Bonchev–Trinajstić information content (AvgIpc) is 3.48. The van der Waals surface area contributed by atoms with Crippen LogP contribution in [0.2, 0.25) is 0 Å². The molecule has 0 aliphatic carbocycles. The quantitative estimate of drug-likeness (QED) is 0.306. The Morgan fingerprint density at radius 2 is 1.61 bits per heavy atom. The Labute approximate surface area is 197 Å². The minimum absolute atomic E-state index is 0.281. The van der Waals surface area contributed by atoms with Crippen molar-refractivity contribution in [2.75, 3.05) is 0 Å². The summed E-state index contributed by atoms with van der Waals surface area (Å²) >= 11 is 1.74. The van der Waals surface area contributed by atoms with E-state index in [0.717, 1.165) is 11.1 Å². The Hall–Kier alpha value is -3.26. The largest absolute Gasteiger partial charge is 0.360 e. The van der Waals surface area contributed by atoms with Crippen molar-refractivity contribution in [1.82, 2.24) is 14.3 Å². The van der Waals surface area contributed by atoms with Crippen LogP contribution in [0, 0.1) is 0 Å². The highest BCUT2D eigenvalue weighted by Gasteiger charge is 2.18. The lowest BCUT2D eigenvalue weighted by Gasteiger charge is -2.11. The van der Waals surface area contributed by atoms with E-state index in [2.05, 4.69) is 40.6 Å². The SMILES string of the molecule is O=S(=O)(c1ccccc1)n1cccc1CNCc1ccc2c(Sc3ccccc3)c[nH]c2c1. The number of hydrogen-bond acceptors (Lipinski definition) is 4. The van der Waals surface area contributed by atoms with Gasteiger partial charge in [-0.25, -0.2) is 12.4 Å². The molecule has 0 aliphatic rings. The fourth-order valence-electron chi connectivity index (χ4n) is 3.77. The van der Waals surface area contributed by atoms with Crippen LogP contribution in [0.4, 0.5) is 0 Å². The summed E-state index contributed by atoms with van der Waals surface area (Å²) in [6, 6.07) is 28.8. The monoisotopic (exact) mass is 473 g/mol. The van der Waals surface area contributed by atoms with Crippen molar-refractivity contribution < 1.29 is 8.42 Å². The van der Waals surface area contributed by atoms with Gasteiger partial charge in [0.15, 0.2) is 0 Å². The lowest BCUT2D eigenvalue weighted by molar-refractivity contribution is 0.581. The van der Waals surface area contributed by atoms with Crippen molar-refractivity contribution in [3.05, 3.63) is 115 Å². The van der Waals surface area contributed by atoms with Gasteiger partial charge in [-0.2, -0.15) is 0 Å². The molecule has 0 unspecified atom stereocenters. The first-order chi connectivity index (χ1) is 16.1. The zero-order chi connectivity index (χ0) is 22.7. The molecule has 5 rings (SSSR count). The lowest BCUT2D eigenvalue weighted by Crippen LogP contribution is -2.20. The summed E-state index contributed by atoms with van der Waals surface area (Å²) in [7, 11) is -3.60. The van der Waals surface area contributed by atoms with Gasteiger partial charge >= 0.3 is 0 Å². The average molecular weight is 474 g/mol.